The summed E-state index contributed by atoms with van der Waals surface area (Å²) in [7, 11) is -1.61. The molecule has 30 heavy (non-hydrogen) atoms. The van der Waals surface area contributed by atoms with Gasteiger partial charge in [0.2, 0.25) is 15.8 Å². The molecule has 0 bridgehead atoms. The Morgan fingerprint density at radius 2 is 1.83 bits per heavy atom. The number of carbonyl (C=O) groups excluding carboxylic acids is 1. The van der Waals surface area contributed by atoms with Crippen LogP contribution in [0.3, 0.4) is 0 Å². The average Bonchev–Trinajstić information content (AvgIpc) is 2.95. The molecule has 3 rings (SSSR count). The molecule has 0 aliphatic rings. The third-order valence-corrected chi connectivity index (χ3v) is 5.61. The van der Waals surface area contributed by atoms with Crippen molar-refractivity contribution < 1.29 is 13.2 Å². The molecular formula is C22H20ClN3O3S. The Labute approximate surface area is 180 Å². The summed E-state index contributed by atoms with van der Waals surface area (Å²) >= 11 is 5.91. The number of carbonyl (C=O) groups is 1. The molecule has 154 valence electrons. The molecule has 1 N–H and O–H groups in total. The van der Waals surface area contributed by atoms with E-state index in [1.807, 2.05) is 24.6 Å². The fourth-order valence-electron chi connectivity index (χ4n) is 3.37. The summed E-state index contributed by atoms with van der Waals surface area (Å²) in [5.41, 5.74) is 4.26. The summed E-state index contributed by atoms with van der Waals surface area (Å²) < 4.78 is 27.0. The van der Waals surface area contributed by atoms with Crippen molar-refractivity contribution >= 4 is 33.1 Å². The van der Waals surface area contributed by atoms with Crippen LogP contribution in [0.2, 0.25) is 5.02 Å². The quantitative estimate of drug-likeness (QED) is 0.584. The molecule has 0 spiro atoms. The van der Waals surface area contributed by atoms with Gasteiger partial charge in [0, 0.05) is 35.4 Å². The highest BCUT2D eigenvalue weighted by Gasteiger charge is 2.19. The van der Waals surface area contributed by atoms with Crippen LogP contribution < -0.4 is 4.72 Å². The van der Waals surface area contributed by atoms with Gasteiger partial charge in [-0.15, -0.1) is 0 Å². The lowest BCUT2D eigenvalue weighted by molar-refractivity contribution is 0.103. The zero-order chi connectivity index (χ0) is 22.1. The highest BCUT2D eigenvalue weighted by atomic mass is 35.5. The third kappa shape index (κ3) is 4.73. The van der Waals surface area contributed by atoms with Gasteiger partial charge in [0.05, 0.1) is 23.6 Å². The van der Waals surface area contributed by atoms with Crippen molar-refractivity contribution in [2.75, 3.05) is 11.0 Å². The lowest BCUT2D eigenvalue weighted by atomic mass is 10.0. The van der Waals surface area contributed by atoms with Crippen LogP contribution in [-0.4, -0.2) is 25.0 Å². The zero-order valence-corrected chi connectivity index (χ0v) is 18.3. The molecule has 3 aromatic rings. The van der Waals surface area contributed by atoms with Crippen molar-refractivity contribution in [1.82, 2.24) is 4.57 Å². The van der Waals surface area contributed by atoms with E-state index in [1.165, 1.54) is 6.07 Å². The van der Waals surface area contributed by atoms with Crippen LogP contribution in [0.15, 0.2) is 48.5 Å². The predicted octanol–water partition coefficient (Wildman–Crippen LogP) is 4.05. The number of ketones is 1. The van der Waals surface area contributed by atoms with Gasteiger partial charge in [-0.1, -0.05) is 17.7 Å². The Kier molecular flexibility index (Phi) is 6.01. The maximum atomic E-state index is 13.0. The summed E-state index contributed by atoms with van der Waals surface area (Å²) in [6, 6.07) is 15.6. The van der Waals surface area contributed by atoms with Crippen LogP contribution in [0.1, 0.15) is 38.4 Å². The van der Waals surface area contributed by atoms with E-state index in [-0.39, 0.29) is 5.78 Å². The first-order valence-corrected chi connectivity index (χ1v) is 11.3. The van der Waals surface area contributed by atoms with Crippen LogP contribution in [-0.2, 0) is 23.5 Å². The zero-order valence-electron chi connectivity index (χ0n) is 16.7. The normalized spacial score (nSPS) is 11.2. The summed E-state index contributed by atoms with van der Waals surface area (Å²) in [6.45, 7) is 1.87. The Hall–Kier alpha value is -3.08. The maximum Gasteiger partial charge on any atom is 0.229 e. The first-order valence-electron chi connectivity index (χ1n) is 9.05. The van der Waals surface area contributed by atoms with Crippen molar-refractivity contribution in [3.8, 4) is 6.07 Å². The average molecular weight is 442 g/mol. The second kappa shape index (κ2) is 8.34. The summed E-state index contributed by atoms with van der Waals surface area (Å²) in [4.78, 5) is 13.0. The van der Waals surface area contributed by atoms with Crippen LogP contribution in [0.4, 0.5) is 5.69 Å². The van der Waals surface area contributed by atoms with Crippen molar-refractivity contribution in [2.24, 2.45) is 7.05 Å². The van der Waals surface area contributed by atoms with Crippen molar-refractivity contribution in [2.45, 2.75) is 13.3 Å². The second-order valence-corrected chi connectivity index (χ2v) is 9.28. The molecule has 6 nitrogen and oxygen atoms in total. The van der Waals surface area contributed by atoms with Gasteiger partial charge in [-0.05, 0) is 60.5 Å². The molecule has 0 aliphatic carbocycles. The van der Waals surface area contributed by atoms with Crippen molar-refractivity contribution in [3.63, 3.8) is 0 Å². The van der Waals surface area contributed by atoms with Crippen LogP contribution in [0.5, 0.6) is 0 Å². The van der Waals surface area contributed by atoms with Gasteiger partial charge in [-0.25, -0.2) is 8.42 Å². The number of anilines is 1. The van der Waals surface area contributed by atoms with E-state index in [9.17, 15) is 18.5 Å². The molecule has 1 heterocycles. The standard InChI is InChI=1S/C22H20ClN3O3S/c1-14-10-20(26(2)21(14)22(27)15-4-7-18(23)8-5-15)12-16-6-9-19(11-17(16)13-24)25-30(3,28)29/h4-11,25H,12H2,1-3H3. The van der Waals surface area contributed by atoms with E-state index in [2.05, 4.69) is 10.8 Å². The summed E-state index contributed by atoms with van der Waals surface area (Å²) in [5, 5.41) is 10.1. The number of aromatic nitrogens is 1. The van der Waals surface area contributed by atoms with Crippen LogP contribution in [0.25, 0.3) is 0 Å². The summed E-state index contributed by atoms with van der Waals surface area (Å²) in [5.74, 6) is -0.105. The SMILES string of the molecule is Cc1cc(Cc2ccc(NS(C)(=O)=O)cc2C#N)n(C)c1C(=O)c1ccc(Cl)cc1. The minimum Gasteiger partial charge on any atom is -0.344 e. The summed E-state index contributed by atoms with van der Waals surface area (Å²) in [6.07, 6.45) is 1.48. The van der Waals surface area contributed by atoms with Gasteiger partial charge in [0.15, 0.2) is 0 Å². The largest absolute Gasteiger partial charge is 0.344 e. The molecular weight excluding hydrogens is 422 g/mol. The molecule has 0 radical (unpaired) electrons. The molecule has 0 aliphatic heterocycles. The number of halogens is 1. The smallest absolute Gasteiger partial charge is 0.229 e. The molecule has 0 unspecified atom stereocenters. The van der Waals surface area contributed by atoms with E-state index >= 15 is 0 Å². The minimum atomic E-state index is -3.43. The van der Waals surface area contributed by atoms with Crippen molar-refractivity contribution in [1.29, 1.82) is 5.26 Å². The number of benzene rings is 2. The molecule has 0 saturated carbocycles. The molecule has 8 heteroatoms. The number of nitrogens with zero attached hydrogens (tertiary/aromatic N) is 2. The monoisotopic (exact) mass is 441 g/mol. The van der Waals surface area contributed by atoms with E-state index in [4.69, 9.17) is 11.6 Å². The van der Waals surface area contributed by atoms with Gasteiger partial charge in [-0.2, -0.15) is 5.26 Å². The van der Waals surface area contributed by atoms with Gasteiger partial charge < -0.3 is 4.57 Å². The minimum absolute atomic E-state index is 0.105. The first kappa shape index (κ1) is 21.6. The number of nitriles is 1. The van der Waals surface area contributed by atoms with Crippen molar-refractivity contribution in [3.05, 3.63) is 87.2 Å². The number of rotatable bonds is 6. The molecule has 0 atom stereocenters. The fourth-order valence-corrected chi connectivity index (χ4v) is 4.05. The van der Waals surface area contributed by atoms with Gasteiger partial charge in [0.25, 0.3) is 0 Å². The Morgan fingerprint density at radius 1 is 1.17 bits per heavy atom. The van der Waals surface area contributed by atoms with E-state index in [1.54, 1.807) is 36.4 Å². The third-order valence-electron chi connectivity index (χ3n) is 4.75. The fraction of sp³-hybridized carbons (Fsp3) is 0.182. The molecule has 1 aromatic heterocycles. The van der Waals surface area contributed by atoms with E-state index in [0.717, 1.165) is 23.1 Å². The van der Waals surface area contributed by atoms with Gasteiger partial charge >= 0.3 is 0 Å². The Balaban J connectivity index is 1.93. The Morgan fingerprint density at radius 3 is 2.43 bits per heavy atom. The highest BCUT2D eigenvalue weighted by Crippen LogP contribution is 2.24. The van der Waals surface area contributed by atoms with Crippen LogP contribution in [0, 0.1) is 18.3 Å². The maximum absolute atomic E-state index is 13.0. The molecule has 2 aromatic carbocycles. The lowest BCUT2D eigenvalue weighted by Crippen LogP contribution is -2.11. The Bertz CT molecular complexity index is 1270. The number of sulfonamides is 1. The number of hydrogen-bond donors (Lipinski definition) is 1. The predicted molar refractivity (Wildman–Crippen MR) is 117 cm³/mol. The topological polar surface area (TPSA) is 92.0 Å². The molecule has 0 saturated heterocycles. The van der Waals surface area contributed by atoms with Crippen LogP contribution >= 0.6 is 11.6 Å². The van der Waals surface area contributed by atoms with E-state index in [0.29, 0.717) is 34.0 Å². The van der Waals surface area contributed by atoms with E-state index < -0.39 is 10.0 Å². The van der Waals surface area contributed by atoms with Gasteiger partial charge in [-0.3, -0.25) is 9.52 Å². The first-order chi connectivity index (χ1) is 14.1. The highest BCUT2D eigenvalue weighted by molar-refractivity contribution is 7.92. The molecule has 0 amide bonds. The molecule has 0 fully saturated rings. The number of aryl methyl sites for hydroxylation is 1. The van der Waals surface area contributed by atoms with Gasteiger partial charge in [0.1, 0.15) is 0 Å². The number of nitrogens with one attached hydrogen (secondary N) is 1. The second-order valence-electron chi connectivity index (χ2n) is 7.10. The number of hydrogen-bond acceptors (Lipinski definition) is 4. The lowest BCUT2D eigenvalue weighted by Gasteiger charge is -2.11.